The molecule has 106 valence electrons. The molecule has 1 rings (SSSR count). The van der Waals surface area contributed by atoms with Gasteiger partial charge in [0.15, 0.2) is 11.6 Å². The molecule has 0 atom stereocenters. The number of hydrogen-bond acceptors (Lipinski definition) is 3. The van der Waals surface area contributed by atoms with Crippen LogP contribution >= 0.6 is 0 Å². The minimum atomic E-state index is -1.02. The van der Waals surface area contributed by atoms with Gasteiger partial charge in [-0.15, -0.1) is 0 Å². The number of carboxylic acid groups (broad SMARTS) is 1. The van der Waals surface area contributed by atoms with Gasteiger partial charge in [0.2, 0.25) is 0 Å². The number of halogens is 1. The lowest BCUT2D eigenvalue weighted by atomic mass is 9.92. The van der Waals surface area contributed by atoms with E-state index in [0.29, 0.717) is 18.4 Å². The third-order valence-corrected chi connectivity index (χ3v) is 3.50. The fourth-order valence-electron chi connectivity index (χ4n) is 1.99. The van der Waals surface area contributed by atoms with E-state index in [1.165, 1.54) is 13.2 Å². The molecule has 0 unspecified atom stereocenters. The van der Waals surface area contributed by atoms with E-state index in [1.54, 1.807) is 26.0 Å². The monoisotopic (exact) mass is 269 g/mol. The average Bonchev–Trinajstić information content (AvgIpc) is 2.41. The number of nitrogens with one attached hydrogen (secondary N) is 1. The largest absolute Gasteiger partial charge is 0.494 e. The molecule has 0 bridgehead atoms. The van der Waals surface area contributed by atoms with Crippen LogP contribution in [-0.2, 0) is 11.3 Å². The topological polar surface area (TPSA) is 58.6 Å². The Balaban J connectivity index is 2.89. The Kier molecular flexibility index (Phi) is 5.30. The van der Waals surface area contributed by atoms with Crippen LogP contribution in [-0.4, -0.2) is 23.7 Å². The summed E-state index contributed by atoms with van der Waals surface area (Å²) in [7, 11) is 1.40. The van der Waals surface area contributed by atoms with E-state index in [-0.39, 0.29) is 12.3 Å². The molecule has 0 saturated heterocycles. The Morgan fingerprint density at radius 1 is 1.42 bits per heavy atom. The van der Waals surface area contributed by atoms with Crippen molar-refractivity contribution in [2.75, 3.05) is 7.11 Å². The molecule has 0 saturated carbocycles. The number of hydrogen-bond donors (Lipinski definition) is 2. The number of benzene rings is 1. The van der Waals surface area contributed by atoms with Gasteiger partial charge in [-0.05, 0) is 18.9 Å². The molecule has 0 aliphatic rings. The first-order chi connectivity index (χ1) is 9.00. The molecule has 4 nitrogen and oxygen atoms in total. The first-order valence-electron chi connectivity index (χ1n) is 6.30. The van der Waals surface area contributed by atoms with Crippen LogP contribution in [0, 0.1) is 5.82 Å². The van der Waals surface area contributed by atoms with Gasteiger partial charge in [0.1, 0.15) is 5.54 Å². The Morgan fingerprint density at radius 3 is 2.53 bits per heavy atom. The second kappa shape index (κ2) is 6.52. The van der Waals surface area contributed by atoms with Crippen molar-refractivity contribution in [1.82, 2.24) is 5.32 Å². The molecule has 1 aromatic rings. The normalized spacial score (nSPS) is 11.4. The third-order valence-electron chi connectivity index (χ3n) is 3.50. The predicted octanol–water partition coefficient (Wildman–Crippen LogP) is 2.57. The summed E-state index contributed by atoms with van der Waals surface area (Å²) in [5.74, 6) is -1.21. The zero-order valence-electron chi connectivity index (χ0n) is 11.5. The first kappa shape index (κ1) is 15.4. The van der Waals surface area contributed by atoms with Crippen molar-refractivity contribution in [2.45, 2.75) is 38.8 Å². The van der Waals surface area contributed by atoms with Crippen LogP contribution in [0.4, 0.5) is 4.39 Å². The van der Waals surface area contributed by atoms with Crippen molar-refractivity contribution in [1.29, 1.82) is 0 Å². The maximum atomic E-state index is 13.9. The summed E-state index contributed by atoms with van der Waals surface area (Å²) in [6.07, 6.45) is 0.870. The van der Waals surface area contributed by atoms with Gasteiger partial charge in [-0.25, -0.2) is 4.39 Å². The van der Waals surface area contributed by atoms with E-state index >= 15 is 0 Å². The molecule has 0 aliphatic heterocycles. The zero-order valence-corrected chi connectivity index (χ0v) is 11.5. The maximum Gasteiger partial charge on any atom is 0.323 e. The summed E-state index contributed by atoms with van der Waals surface area (Å²) < 4.78 is 18.8. The van der Waals surface area contributed by atoms with E-state index in [4.69, 9.17) is 4.74 Å². The summed E-state index contributed by atoms with van der Waals surface area (Å²) in [4.78, 5) is 11.3. The Bertz CT molecular complexity index is 444. The minimum Gasteiger partial charge on any atom is -0.494 e. The maximum absolute atomic E-state index is 13.9. The first-order valence-corrected chi connectivity index (χ1v) is 6.30. The van der Waals surface area contributed by atoms with Crippen molar-refractivity contribution < 1.29 is 19.0 Å². The molecule has 0 aliphatic carbocycles. The molecule has 2 N–H and O–H groups in total. The Labute approximate surface area is 112 Å². The van der Waals surface area contributed by atoms with E-state index in [9.17, 15) is 14.3 Å². The summed E-state index contributed by atoms with van der Waals surface area (Å²) in [5.41, 5.74) is -0.623. The van der Waals surface area contributed by atoms with Gasteiger partial charge in [-0.1, -0.05) is 26.0 Å². The smallest absolute Gasteiger partial charge is 0.323 e. The van der Waals surface area contributed by atoms with Gasteiger partial charge in [0, 0.05) is 12.1 Å². The van der Waals surface area contributed by atoms with Crippen molar-refractivity contribution in [3.8, 4) is 5.75 Å². The number of rotatable bonds is 7. The number of aliphatic carboxylic acids is 1. The van der Waals surface area contributed by atoms with Crippen molar-refractivity contribution in [2.24, 2.45) is 0 Å². The van der Waals surface area contributed by atoms with Gasteiger partial charge >= 0.3 is 5.97 Å². The summed E-state index contributed by atoms with van der Waals surface area (Å²) >= 11 is 0. The van der Waals surface area contributed by atoms with E-state index in [2.05, 4.69) is 5.32 Å². The zero-order chi connectivity index (χ0) is 14.5. The van der Waals surface area contributed by atoms with E-state index < -0.39 is 17.3 Å². The van der Waals surface area contributed by atoms with Crippen LogP contribution in [0.3, 0.4) is 0 Å². The number of carboxylic acids is 1. The molecule has 19 heavy (non-hydrogen) atoms. The lowest BCUT2D eigenvalue weighted by Gasteiger charge is -2.28. The quantitative estimate of drug-likeness (QED) is 0.798. The van der Waals surface area contributed by atoms with Crippen LogP contribution in [0.5, 0.6) is 5.75 Å². The lowest BCUT2D eigenvalue weighted by molar-refractivity contribution is -0.145. The van der Waals surface area contributed by atoms with Crippen LogP contribution < -0.4 is 10.1 Å². The molecule has 0 amide bonds. The highest BCUT2D eigenvalue weighted by molar-refractivity contribution is 5.78. The molecular weight excluding hydrogens is 249 g/mol. The minimum absolute atomic E-state index is 0.150. The molecule has 0 spiro atoms. The van der Waals surface area contributed by atoms with E-state index in [0.717, 1.165) is 0 Å². The SMILES string of the molecule is CCC(CC)(NCc1cccc(OC)c1F)C(=O)O. The molecule has 1 aromatic carbocycles. The van der Waals surface area contributed by atoms with Gasteiger partial charge in [0.25, 0.3) is 0 Å². The molecule has 0 heterocycles. The number of carbonyl (C=O) groups is 1. The summed E-state index contributed by atoms with van der Waals surface area (Å²) in [6.45, 7) is 3.75. The lowest BCUT2D eigenvalue weighted by Crippen LogP contribution is -2.50. The van der Waals surface area contributed by atoms with E-state index in [1.807, 2.05) is 0 Å². The van der Waals surface area contributed by atoms with Crippen LogP contribution in [0.15, 0.2) is 18.2 Å². The number of methoxy groups -OCH3 is 1. The highest BCUT2D eigenvalue weighted by Crippen LogP contribution is 2.22. The Hall–Kier alpha value is -1.62. The second-order valence-corrected chi connectivity index (χ2v) is 4.38. The second-order valence-electron chi connectivity index (χ2n) is 4.38. The van der Waals surface area contributed by atoms with Gasteiger partial charge < -0.3 is 9.84 Å². The fraction of sp³-hybridized carbons (Fsp3) is 0.500. The van der Waals surface area contributed by atoms with Crippen molar-refractivity contribution in [3.05, 3.63) is 29.6 Å². The average molecular weight is 269 g/mol. The molecule has 0 aromatic heterocycles. The molecule has 0 fully saturated rings. The van der Waals surface area contributed by atoms with Crippen LogP contribution in [0.25, 0.3) is 0 Å². The molecule has 0 radical (unpaired) electrons. The molecular formula is C14H20FNO3. The number of ether oxygens (including phenoxy) is 1. The summed E-state index contributed by atoms with van der Waals surface area (Å²) in [5, 5.41) is 12.2. The standard InChI is InChI=1S/C14H20FNO3/c1-4-14(5-2,13(17)18)16-9-10-7-6-8-11(19-3)12(10)15/h6-8,16H,4-5,9H2,1-3H3,(H,17,18). The van der Waals surface area contributed by atoms with Crippen molar-refractivity contribution in [3.63, 3.8) is 0 Å². The summed E-state index contributed by atoms with van der Waals surface area (Å²) in [6, 6.07) is 4.82. The highest BCUT2D eigenvalue weighted by Gasteiger charge is 2.34. The van der Waals surface area contributed by atoms with Gasteiger partial charge in [0.05, 0.1) is 7.11 Å². The van der Waals surface area contributed by atoms with Crippen LogP contribution in [0.1, 0.15) is 32.3 Å². The molecule has 5 heteroatoms. The van der Waals surface area contributed by atoms with Crippen LogP contribution in [0.2, 0.25) is 0 Å². The van der Waals surface area contributed by atoms with Gasteiger partial charge in [-0.3, -0.25) is 10.1 Å². The highest BCUT2D eigenvalue weighted by atomic mass is 19.1. The third kappa shape index (κ3) is 3.23. The fourth-order valence-corrected chi connectivity index (χ4v) is 1.99. The van der Waals surface area contributed by atoms with Gasteiger partial charge in [-0.2, -0.15) is 0 Å². The predicted molar refractivity (Wildman–Crippen MR) is 70.7 cm³/mol. The van der Waals surface area contributed by atoms with Crippen molar-refractivity contribution >= 4 is 5.97 Å². The Morgan fingerprint density at radius 2 is 2.05 bits per heavy atom.